The van der Waals surface area contributed by atoms with Gasteiger partial charge in [-0.25, -0.2) is 0 Å². The molecule has 0 N–H and O–H groups in total. The van der Waals surface area contributed by atoms with E-state index in [0.717, 1.165) is 12.8 Å². The third-order valence-electron chi connectivity index (χ3n) is 1.32. The largest absolute Gasteiger partial charge is 0.287 e. The molecule has 0 amide bonds. The molecule has 0 aromatic rings. The first kappa shape index (κ1) is 6.14. The van der Waals surface area contributed by atoms with Crippen LogP contribution in [0.25, 0.3) is 0 Å². The molecule has 0 saturated carbocycles. The molecule has 8 heavy (non-hydrogen) atoms. The quantitative estimate of drug-likeness (QED) is 0.497. The molecule has 0 aromatic heterocycles. The zero-order chi connectivity index (χ0) is 6.20. The fraction of sp³-hybridized carbons (Fsp3) is 0.833. The van der Waals surface area contributed by atoms with Gasteiger partial charge in [0.15, 0.2) is 5.12 Å². The van der Waals surface area contributed by atoms with Crippen molar-refractivity contribution in [3.05, 3.63) is 0 Å². The van der Waals surface area contributed by atoms with E-state index in [9.17, 15) is 4.79 Å². The molecule has 46 valence electrons. The smallest absolute Gasteiger partial charge is 0.189 e. The number of rotatable bonds is 0. The monoisotopic (exact) mass is 130 g/mol. The average Bonchev–Trinajstić information content (AvgIpc) is 1.82. The maximum absolute atomic E-state index is 10.6. The third-order valence-corrected chi connectivity index (χ3v) is 2.51. The molecule has 1 nitrogen and oxygen atoms in total. The lowest BCUT2D eigenvalue weighted by Gasteiger charge is -2.11. The van der Waals surface area contributed by atoms with Gasteiger partial charge in [0, 0.05) is 11.2 Å². The van der Waals surface area contributed by atoms with E-state index in [1.807, 2.05) is 0 Å². The van der Waals surface area contributed by atoms with Gasteiger partial charge in [-0.2, -0.15) is 0 Å². The Balaban J connectivity index is 2.56. The van der Waals surface area contributed by atoms with Gasteiger partial charge in [0.2, 0.25) is 0 Å². The van der Waals surface area contributed by atoms with Gasteiger partial charge in [-0.1, -0.05) is 25.6 Å². The first-order chi connectivity index (χ1) is 3.60. The predicted molar refractivity (Wildman–Crippen MR) is 35.9 cm³/mol. The predicted octanol–water partition coefficient (Wildman–Crippen LogP) is 1.82. The van der Waals surface area contributed by atoms with Crippen LogP contribution >= 0.6 is 11.8 Å². The van der Waals surface area contributed by atoms with Gasteiger partial charge < -0.3 is 0 Å². The van der Waals surface area contributed by atoms with Gasteiger partial charge in [-0.15, -0.1) is 0 Å². The molecule has 0 radical (unpaired) electrons. The number of carbonyl (C=O) groups is 1. The Bertz CT molecular complexity index is 118. The van der Waals surface area contributed by atoms with Crippen molar-refractivity contribution in [3.8, 4) is 0 Å². The van der Waals surface area contributed by atoms with E-state index in [1.165, 1.54) is 11.8 Å². The van der Waals surface area contributed by atoms with Crippen LogP contribution in [0.4, 0.5) is 0 Å². The standard InChI is InChI=1S/C6H10OS/c1-6(2)4-3-5(7)8-6/h3-4H2,1-2H3. The second kappa shape index (κ2) is 1.76. The summed E-state index contributed by atoms with van der Waals surface area (Å²) in [6.45, 7) is 4.23. The minimum atomic E-state index is 0.233. The summed E-state index contributed by atoms with van der Waals surface area (Å²) in [6, 6.07) is 0. The Hall–Kier alpha value is 0.0200. The fourth-order valence-corrected chi connectivity index (χ4v) is 1.84. The molecule has 1 aliphatic heterocycles. The lowest BCUT2D eigenvalue weighted by atomic mass is 10.1. The maximum Gasteiger partial charge on any atom is 0.189 e. The summed E-state index contributed by atoms with van der Waals surface area (Å²) < 4.78 is 0.233. The van der Waals surface area contributed by atoms with Crippen molar-refractivity contribution in [1.29, 1.82) is 0 Å². The zero-order valence-corrected chi connectivity index (χ0v) is 6.05. The van der Waals surface area contributed by atoms with E-state index in [-0.39, 0.29) is 4.75 Å². The molecule has 0 aromatic carbocycles. The van der Waals surface area contributed by atoms with Crippen LogP contribution in [-0.4, -0.2) is 9.86 Å². The molecule has 2 heteroatoms. The molecule has 1 rings (SSSR count). The Morgan fingerprint density at radius 3 is 2.38 bits per heavy atom. The van der Waals surface area contributed by atoms with Crippen molar-refractivity contribution in [3.63, 3.8) is 0 Å². The van der Waals surface area contributed by atoms with E-state index in [0.29, 0.717) is 5.12 Å². The number of hydrogen-bond acceptors (Lipinski definition) is 2. The molecule has 0 aliphatic carbocycles. The Kier molecular flexibility index (Phi) is 1.35. The van der Waals surface area contributed by atoms with Gasteiger partial charge in [-0.3, -0.25) is 4.79 Å². The van der Waals surface area contributed by atoms with Gasteiger partial charge in [-0.05, 0) is 6.42 Å². The Labute approximate surface area is 53.8 Å². The summed E-state index contributed by atoms with van der Waals surface area (Å²) in [6.07, 6.45) is 1.83. The minimum absolute atomic E-state index is 0.233. The van der Waals surface area contributed by atoms with E-state index in [4.69, 9.17) is 0 Å². The SMILES string of the molecule is CC1(C)CCC(=O)S1. The first-order valence-electron chi connectivity index (χ1n) is 2.82. The maximum atomic E-state index is 10.6. The normalized spacial score (nSPS) is 26.5. The Morgan fingerprint density at radius 2 is 2.25 bits per heavy atom. The summed E-state index contributed by atoms with van der Waals surface area (Å²) in [5.41, 5.74) is 0. The van der Waals surface area contributed by atoms with E-state index in [1.54, 1.807) is 0 Å². The van der Waals surface area contributed by atoms with E-state index in [2.05, 4.69) is 13.8 Å². The van der Waals surface area contributed by atoms with Crippen LogP contribution in [0, 0.1) is 0 Å². The minimum Gasteiger partial charge on any atom is -0.287 e. The zero-order valence-electron chi connectivity index (χ0n) is 5.23. The molecule has 0 bridgehead atoms. The van der Waals surface area contributed by atoms with Crippen LogP contribution in [0.5, 0.6) is 0 Å². The van der Waals surface area contributed by atoms with Crippen LogP contribution in [0.3, 0.4) is 0 Å². The van der Waals surface area contributed by atoms with Crippen molar-refractivity contribution in [2.45, 2.75) is 31.4 Å². The van der Waals surface area contributed by atoms with E-state index >= 15 is 0 Å². The van der Waals surface area contributed by atoms with Crippen LogP contribution in [0.2, 0.25) is 0 Å². The second-order valence-electron chi connectivity index (χ2n) is 2.73. The topological polar surface area (TPSA) is 17.1 Å². The molecule has 0 spiro atoms. The van der Waals surface area contributed by atoms with Crippen molar-refractivity contribution in [2.75, 3.05) is 0 Å². The van der Waals surface area contributed by atoms with Gasteiger partial charge in [0.05, 0.1) is 0 Å². The molecular weight excluding hydrogens is 120 g/mol. The molecule has 0 unspecified atom stereocenters. The second-order valence-corrected chi connectivity index (χ2v) is 4.50. The lowest BCUT2D eigenvalue weighted by molar-refractivity contribution is -0.110. The summed E-state index contributed by atoms with van der Waals surface area (Å²) in [5, 5.41) is 0.356. The molecule has 1 aliphatic rings. The Morgan fingerprint density at radius 1 is 1.62 bits per heavy atom. The fourth-order valence-electron chi connectivity index (χ4n) is 0.813. The first-order valence-corrected chi connectivity index (χ1v) is 3.64. The summed E-state index contributed by atoms with van der Waals surface area (Å²) >= 11 is 1.48. The molecule has 1 saturated heterocycles. The van der Waals surface area contributed by atoms with Crippen LogP contribution in [0.1, 0.15) is 26.7 Å². The number of thioether (sulfide) groups is 1. The van der Waals surface area contributed by atoms with Crippen molar-refractivity contribution < 1.29 is 4.79 Å². The summed E-state index contributed by atoms with van der Waals surface area (Å²) in [4.78, 5) is 10.6. The van der Waals surface area contributed by atoms with Crippen LogP contribution in [-0.2, 0) is 4.79 Å². The van der Waals surface area contributed by atoms with Gasteiger partial charge in [0.25, 0.3) is 0 Å². The number of hydrogen-bond donors (Lipinski definition) is 0. The average molecular weight is 130 g/mol. The third kappa shape index (κ3) is 1.25. The van der Waals surface area contributed by atoms with Crippen LogP contribution < -0.4 is 0 Å². The summed E-state index contributed by atoms with van der Waals surface area (Å²) in [7, 11) is 0. The van der Waals surface area contributed by atoms with Crippen molar-refractivity contribution in [1.82, 2.24) is 0 Å². The van der Waals surface area contributed by atoms with E-state index < -0.39 is 0 Å². The van der Waals surface area contributed by atoms with Gasteiger partial charge >= 0.3 is 0 Å². The molecule has 0 atom stereocenters. The number of carbonyl (C=O) groups excluding carboxylic acids is 1. The van der Waals surface area contributed by atoms with Crippen LogP contribution in [0.15, 0.2) is 0 Å². The molecular formula is C6H10OS. The summed E-state index contributed by atoms with van der Waals surface area (Å²) in [5.74, 6) is 0. The highest BCUT2D eigenvalue weighted by atomic mass is 32.2. The van der Waals surface area contributed by atoms with Crippen molar-refractivity contribution >= 4 is 16.9 Å². The molecule has 1 fully saturated rings. The highest BCUT2D eigenvalue weighted by molar-refractivity contribution is 8.15. The van der Waals surface area contributed by atoms with Crippen molar-refractivity contribution in [2.24, 2.45) is 0 Å². The highest BCUT2D eigenvalue weighted by Crippen LogP contribution is 2.37. The van der Waals surface area contributed by atoms with Gasteiger partial charge in [0.1, 0.15) is 0 Å². The molecule has 1 heterocycles. The highest BCUT2D eigenvalue weighted by Gasteiger charge is 2.29. The lowest BCUT2D eigenvalue weighted by Crippen LogP contribution is -2.07.